The highest BCUT2D eigenvalue weighted by Crippen LogP contribution is 2.40. The van der Waals surface area contributed by atoms with E-state index >= 15 is 0 Å². The number of carbonyl (C=O) groups is 1. The normalized spacial score (nSPS) is 19.7. The number of hydrogen-bond donors (Lipinski definition) is 2. The van der Waals surface area contributed by atoms with Gasteiger partial charge in [-0.05, 0) is 26.0 Å². The molecule has 1 aromatic rings. The Labute approximate surface area is 118 Å². The average molecular weight is 279 g/mol. The first kappa shape index (κ1) is 14.7. The predicted molar refractivity (Wildman–Crippen MR) is 74.9 cm³/mol. The lowest BCUT2D eigenvalue weighted by Crippen LogP contribution is -2.34. The van der Waals surface area contributed by atoms with Crippen LogP contribution in [-0.4, -0.2) is 30.3 Å². The number of ether oxygens (including phenoxy) is 2. The molecule has 0 spiro atoms. The van der Waals surface area contributed by atoms with Gasteiger partial charge in [-0.15, -0.1) is 0 Å². The molecule has 1 aromatic carbocycles. The van der Waals surface area contributed by atoms with Crippen molar-refractivity contribution in [2.45, 2.75) is 38.4 Å². The molecule has 1 aliphatic rings. The van der Waals surface area contributed by atoms with Gasteiger partial charge in [0.2, 0.25) is 5.91 Å². The molecule has 1 unspecified atom stereocenters. The van der Waals surface area contributed by atoms with Gasteiger partial charge in [0, 0.05) is 25.1 Å². The molecule has 1 aliphatic heterocycles. The van der Waals surface area contributed by atoms with Gasteiger partial charge in [0.25, 0.3) is 0 Å². The summed E-state index contributed by atoms with van der Waals surface area (Å²) in [5.41, 5.74) is 0.385. The topological polar surface area (TPSA) is 67.8 Å². The van der Waals surface area contributed by atoms with Crippen molar-refractivity contribution < 1.29 is 19.4 Å². The molecule has 110 valence electrons. The maximum absolute atomic E-state index is 11.1. The molecule has 5 heteroatoms. The third kappa shape index (κ3) is 3.42. The lowest BCUT2D eigenvalue weighted by atomic mass is 9.92. The monoisotopic (exact) mass is 279 g/mol. The van der Waals surface area contributed by atoms with Gasteiger partial charge in [-0.1, -0.05) is 0 Å². The first-order valence-electron chi connectivity index (χ1n) is 6.76. The summed E-state index contributed by atoms with van der Waals surface area (Å²) < 4.78 is 11.4. The number of amides is 1. The van der Waals surface area contributed by atoms with Gasteiger partial charge in [-0.25, -0.2) is 0 Å². The lowest BCUT2D eigenvalue weighted by molar-refractivity contribution is -0.121. The van der Waals surface area contributed by atoms with Gasteiger partial charge in [-0.2, -0.15) is 0 Å². The van der Waals surface area contributed by atoms with Crippen LogP contribution in [0.1, 0.15) is 38.4 Å². The van der Waals surface area contributed by atoms with Gasteiger partial charge in [-0.3, -0.25) is 4.79 Å². The van der Waals surface area contributed by atoms with Crippen LogP contribution in [0, 0.1) is 0 Å². The third-order valence-corrected chi connectivity index (χ3v) is 3.29. The molecule has 5 nitrogen and oxygen atoms in total. The van der Waals surface area contributed by atoms with Gasteiger partial charge in [0.15, 0.2) is 0 Å². The van der Waals surface area contributed by atoms with Crippen molar-refractivity contribution in [1.82, 2.24) is 5.32 Å². The van der Waals surface area contributed by atoms with E-state index in [-0.39, 0.29) is 5.91 Å². The highest BCUT2D eigenvalue weighted by Gasteiger charge is 2.32. The minimum Gasteiger partial charge on any atom is -0.493 e. The fourth-order valence-corrected chi connectivity index (χ4v) is 2.27. The number of carbonyl (C=O) groups excluding carboxylic acids is 1. The Bertz CT molecular complexity index is 499. The second kappa shape index (κ2) is 5.71. The molecule has 0 radical (unpaired) electrons. The van der Waals surface area contributed by atoms with E-state index in [2.05, 4.69) is 5.32 Å². The number of fused-ring (bicyclic) bond motifs is 1. The summed E-state index contributed by atoms with van der Waals surface area (Å²) in [6.07, 6.45) is 0.355. The standard InChI is InChI=1S/C15H21NO4/c1-15(2)9-12(17)11-5-4-10(8-13(11)20-15)19-7-6-14(18)16-3/h4-5,8,12,17H,6-7,9H2,1-3H3,(H,16,18). The van der Waals surface area contributed by atoms with Crippen LogP contribution >= 0.6 is 0 Å². The number of rotatable bonds is 4. The highest BCUT2D eigenvalue weighted by molar-refractivity contribution is 5.75. The van der Waals surface area contributed by atoms with Crippen LogP contribution in [0.5, 0.6) is 11.5 Å². The zero-order chi connectivity index (χ0) is 14.8. The fourth-order valence-electron chi connectivity index (χ4n) is 2.27. The predicted octanol–water partition coefficient (Wildman–Crippen LogP) is 1.80. The molecule has 1 atom stereocenters. The molecule has 1 amide bonds. The van der Waals surface area contributed by atoms with Crippen molar-refractivity contribution in [2.75, 3.05) is 13.7 Å². The first-order chi connectivity index (χ1) is 9.41. The maximum Gasteiger partial charge on any atom is 0.223 e. The minimum absolute atomic E-state index is 0.0595. The molecule has 2 rings (SSSR count). The molecular formula is C15H21NO4. The Balaban J connectivity index is 2.06. The Morgan fingerprint density at radius 3 is 3.00 bits per heavy atom. The maximum atomic E-state index is 11.1. The van der Waals surface area contributed by atoms with Crippen molar-refractivity contribution >= 4 is 5.91 Å². The van der Waals surface area contributed by atoms with Crippen LogP contribution < -0.4 is 14.8 Å². The third-order valence-electron chi connectivity index (χ3n) is 3.29. The van der Waals surface area contributed by atoms with Crippen LogP contribution in [0.3, 0.4) is 0 Å². The van der Waals surface area contributed by atoms with E-state index in [1.54, 1.807) is 19.2 Å². The van der Waals surface area contributed by atoms with Crippen molar-refractivity contribution in [3.05, 3.63) is 23.8 Å². The van der Waals surface area contributed by atoms with Crippen LogP contribution in [0.25, 0.3) is 0 Å². The van der Waals surface area contributed by atoms with E-state index in [1.807, 2.05) is 19.9 Å². The molecule has 0 aliphatic carbocycles. The molecule has 0 bridgehead atoms. The van der Waals surface area contributed by atoms with E-state index in [0.717, 1.165) is 5.56 Å². The number of aliphatic hydroxyl groups excluding tert-OH is 1. The highest BCUT2D eigenvalue weighted by atomic mass is 16.5. The fraction of sp³-hybridized carbons (Fsp3) is 0.533. The molecular weight excluding hydrogens is 258 g/mol. The Morgan fingerprint density at radius 2 is 2.30 bits per heavy atom. The molecule has 1 heterocycles. The van der Waals surface area contributed by atoms with Gasteiger partial charge >= 0.3 is 0 Å². The second-order valence-electron chi connectivity index (χ2n) is 5.55. The van der Waals surface area contributed by atoms with E-state index in [1.165, 1.54) is 0 Å². The largest absolute Gasteiger partial charge is 0.493 e. The summed E-state index contributed by atoms with van der Waals surface area (Å²) in [6, 6.07) is 5.36. The number of aliphatic hydroxyl groups is 1. The molecule has 0 fully saturated rings. The number of hydrogen-bond acceptors (Lipinski definition) is 4. The van der Waals surface area contributed by atoms with Crippen molar-refractivity contribution in [1.29, 1.82) is 0 Å². The van der Waals surface area contributed by atoms with Crippen LogP contribution in [0.2, 0.25) is 0 Å². The Hall–Kier alpha value is -1.75. The van der Waals surface area contributed by atoms with E-state index < -0.39 is 11.7 Å². The number of nitrogens with one attached hydrogen (secondary N) is 1. The van der Waals surface area contributed by atoms with Crippen LogP contribution in [-0.2, 0) is 4.79 Å². The summed E-state index contributed by atoms with van der Waals surface area (Å²) in [4.78, 5) is 11.1. The SMILES string of the molecule is CNC(=O)CCOc1ccc2c(c1)OC(C)(C)CC2O. The van der Waals surface area contributed by atoms with Gasteiger partial charge in [0.05, 0.1) is 19.1 Å². The van der Waals surface area contributed by atoms with Crippen molar-refractivity contribution in [3.8, 4) is 11.5 Å². The lowest BCUT2D eigenvalue weighted by Gasteiger charge is -2.35. The zero-order valence-electron chi connectivity index (χ0n) is 12.1. The van der Waals surface area contributed by atoms with Gasteiger partial charge in [0.1, 0.15) is 17.1 Å². The summed E-state index contributed by atoms with van der Waals surface area (Å²) in [5.74, 6) is 1.22. The van der Waals surface area contributed by atoms with E-state index in [4.69, 9.17) is 9.47 Å². The molecule has 20 heavy (non-hydrogen) atoms. The Kier molecular flexibility index (Phi) is 4.18. The van der Waals surface area contributed by atoms with Crippen LogP contribution in [0.4, 0.5) is 0 Å². The summed E-state index contributed by atoms with van der Waals surface area (Å²) in [6.45, 7) is 4.20. The second-order valence-corrected chi connectivity index (χ2v) is 5.55. The summed E-state index contributed by atoms with van der Waals surface area (Å²) >= 11 is 0. The molecule has 0 saturated carbocycles. The number of benzene rings is 1. The molecule has 0 saturated heterocycles. The van der Waals surface area contributed by atoms with E-state index in [0.29, 0.717) is 30.9 Å². The summed E-state index contributed by atoms with van der Waals surface area (Å²) in [7, 11) is 1.60. The quantitative estimate of drug-likeness (QED) is 0.882. The van der Waals surface area contributed by atoms with Crippen LogP contribution in [0.15, 0.2) is 18.2 Å². The van der Waals surface area contributed by atoms with Crippen molar-refractivity contribution in [3.63, 3.8) is 0 Å². The van der Waals surface area contributed by atoms with Gasteiger partial charge < -0.3 is 19.9 Å². The molecule has 2 N–H and O–H groups in total. The van der Waals surface area contributed by atoms with Crippen molar-refractivity contribution in [2.24, 2.45) is 0 Å². The van der Waals surface area contributed by atoms with E-state index in [9.17, 15) is 9.90 Å². The smallest absolute Gasteiger partial charge is 0.223 e. The average Bonchev–Trinajstić information content (AvgIpc) is 2.36. The molecule has 0 aromatic heterocycles. The zero-order valence-corrected chi connectivity index (χ0v) is 12.1. The Morgan fingerprint density at radius 1 is 1.55 bits per heavy atom. The first-order valence-corrected chi connectivity index (χ1v) is 6.76. The minimum atomic E-state index is -0.520. The summed E-state index contributed by atoms with van der Waals surface area (Å²) in [5, 5.41) is 12.6.